The number of rotatable bonds is 5. The van der Waals surface area contributed by atoms with Crippen LogP contribution >= 0.6 is 0 Å². The molecule has 6 heteroatoms. The lowest BCUT2D eigenvalue weighted by molar-refractivity contribution is -0.137. The lowest BCUT2D eigenvalue weighted by Crippen LogP contribution is -2.28. The highest BCUT2D eigenvalue weighted by Crippen LogP contribution is 2.19. The highest BCUT2D eigenvalue weighted by atomic mass is 19.1. The van der Waals surface area contributed by atoms with Crippen molar-refractivity contribution in [3.05, 3.63) is 29.6 Å². The molecule has 0 saturated heterocycles. The zero-order valence-electron chi connectivity index (χ0n) is 9.89. The van der Waals surface area contributed by atoms with Gasteiger partial charge in [-0.1, -0.05) is 0 Å². The highest BCUT2D eigenvalue weighted by Gasteiger charge is 2.16. The van der Waals surface area contributed by atoms with E-state index in [9.17, 15) is 19.1 Å². The minimum absolute atomic E-state index is 0.0489. The van der Waals surface area contributed by atoms with E-state index in [2.05, 4.69) is 0 Å². The van der Waals surface area contributed by atoms with Gasteiger partial charge in [0.1, 0.15) is 11.6 Å². The highest BCUT2D eigenvalue weighted by molar-refractivity contribution is 5.96. The maximum absolute atomic E-state index is 13.0. The molecule has 1 aromatic carbocycles. The van der Waals surface area contributed by atoms with Crippen LogP contribution in [0.3, 0.4) is 0 Å². The summed E-state index contributed by atoms with van der Waals surface area (Å²) in [7, 11) is 1.47. The summed E-state index contributed by atoms with van der Waals surface area (Å²) in [5.74, 6) is -2.40. The number of amides is 1. The molecular formula is C12H14FNO4. The smallest absolute Gasteiger partial charge is 0.303 e. The normalized spacial score (nSPS) is 10.1. The first kappa shape index (κ1) is 14.0. The predicted octanol–water partition coefficient (Wildman–Crippen LogP) is 1.47. The van der Waals surface area contributed by atoms with Crippen molar-refractivity contribution < 1.29 is 24.2 Å². The average molecular weight is 255 g/mol. The maximum atomic E-state index is 13.0. The molecule has 0 heterocycles. The van der Waals surface area contributed by atoms with Gasteiger partial charge in [0.2, 0.25) is 0 Å². The summed E-state index contributed by atoms with van der Waals surface area (Å²) in [6.45, 7) is 0.223. The van der Waals surface area contributed by atoms with Crippen LogP contribution in [0.15, 0.2) is 18.2 Å². The van der Waals surface area contributed by atoms with Crippen LogP contribution in [-0.4, -0.2) is 40.6 Å². The molecule has 0 unspecified atom stereocenters. The number of hydrogen-bond acceptors (Lipinski definition) is 3. The lowest BCUT2D eigenvalue weighted by atomic mass is 10.1. The second-order valence-corrected chi connectivity index (χ2v) is 3.89. The Balaban J connectivity index is 2.68. The van der Waals surface area contributed by atoms with Crippen molar-refractivity contribution in [1.82, 2.24) is 4.90 Å². The molecule has 0 saturated carbocycles. The topological polar surface area (TPSA) is 77.8 Å². The first-order chi connectivity index (χ1) is 8.41. The second-order valence-electron chi connectivity index (χ2n) is 3.89. The third-order valence-electron chi connectivity index (χ3n) is 2.42. The van der Waals surface area contributed by atoms with Crippen LogP contribution in [0.4, 0.5) is 4.39 Å². The molecule has 0 aliphatic rings. The number of nitrogens with zero attached hydrogens (tertiary/aromatic N) is 1. The second kappa shape index (κ2) is 6.00. The Morgan fingerprint density at radius 3 is 2.67 bits per heavy atom. The Labute approximate surface area is 103 Å². The van der Waals surface area contributed by atoms with Crippen molar-refractivity contribution in [2.75, 3.05) is 13.6 Å². The minimum Gasteiger partial charge on any atom is -0.507 e. The summed E-state index contributed by atoms with van der Waals surface area (Å²) in [5, 5.41) is 17.9. The number of carbonyl (C=O) groups is 2. The largest absolute Gasteiger partial charge is 0.507 e. The average Bonchev–Trinajstić information content (AvgIpc) is 2.30. The SMILES string of the molecule is CN(CCCC(=O)O)C(=O)c1cc(F)ccc1O. The molecule has 0 fully saturated rings. The fourth-order valence-electron chi connectivity index (χ4n) is 1.45. The van der Waals surface area contributed by atoms with Gasteiger partial charge in [-0.15, -0.1) is 0 Å². The molecule has 2 N–H and O–H groups in total. The number of benzene rings is 1. The van der Waals surface area contributed by atoms with Crippen molar-refractivity contribution in [2.24, 2.45) is 0 Å². The molecule has 1 amide bonds. The van der Waals surface area contributed by atoms with Crippen LogP contribution in [0.2, 0.25) is 0 Å². The van der Waals surface area contributed by atoms with Gasteiger partial charge in [-0.05, 0) is 24.6 Å². The van der Waals surface area contributed by atoms with Crippen molar-refractivity contribution in [3.8, 4) is 5.75 Å². The third kappa shape index (κ3) is 3.73. The van der Waals surface area contributed by atoms with E-state index >= 15 is 0 Å². The molecule has 0 aromatic heterocycles. The summed E-state index contributed by atoms with van der Waals surface area (Å²) in [4.78, 5) is 23.4. The lowest BCUT2D eigenvalue weighted by Gasteiger charge is -2.17. The summed E-state index contributed by atoms with van der Waals surface area (Å²) in [6.07, 6.45) is 0.250. The molecule has 0 spiro atoms. The number of phenolic OH excluding ortho intramolecular Hbond substituents is 1. The van der Waals surface area contributed by atoms with Gasteiger partial charge in [0.15, 0.2) is 0 Å². The van der Waals surface area contributed by atoms with E-state index in [0.717, 1.165) is 18.2 Å². The Kier molecular flexibility index (Phi) is 4.65. The standard InChI is InChI=1S/C12H14FNO4/c1-14(6-2-3-11(16)17)12(18)9-7-8(13)4-5-10(9)15/h4-5,7,15H,2-3,6H2,1H3,(H,16,17). The summed E-state index contributed by atoms with van der Waals surface area (Å²) < 4.78 is 13.0. The van der Waals surface area contributed by atoms with Gasteiger partial charge in [-0.3, -0.25) is 9.59 Å². The van der Waals surface area contributed by atoms with E-state index in [1.54, 1.807) is 0 Å². The van der Waals surface area contributed by atoms with E-state index in [1.807, 2.05) is 0 Å². The maximum Gasteiger partial charge on any atom is 0.303 e. The number of phenols is 1. The van der Waals surface area contributed by atoms with E-state index in [4.69, 9.17) is 5.11 Å². The predicted molar refractivity (Wildman–Crippen MR) is 61.9 cm³/mol. The van der Waals surface area contributed by atoms with Gasteiger partial charge in [0.05, 0.1) is 5.56 Å². The van der Waals surface area contributed by atoms with Gasteiger partial charge in [0, 0.05) is 20.0 Å². The van der Waals surface area contributed by atoms with Crippen LogP contribution in [0.25, 0.3) is 0 Å². The number of carbonyl (C=O) groups excluding carboxylic acids is 1. The van der Waals surface area contributed by atoms with Crippen molar-refractivity contribution in [2.45, 2.75) is 12.8 Å². The van der Waals surface area contributed by atoms with Gasteiger partial charge < -0.3 is 15.1 Å². The van der Waals surface area contributed by atoms with Crippen LogP contribution in [0.1, 0.15) is 23.2 Å². The zero-order valence-corrected chi connectivity index (χ0v) is 9.89. The Morgan fingerprint density at radius 1 is 1.39 bits per heavy atom. The van der Waals surface area contributed by atoms with Crippen molar-refractivity contribution >= 4 is 11.9 Å². The quantitative estimate of drug-likeness (QED) is 0.835. The molecule has 0 aliphatic carbocycles. The fraction of sp³-hybridized carbons (Fsp3) is 0.333. The minimum atomic E-state index is -0.940. The Morgan fingerprint density at radius 2 is 2.06 bits per heavy atom. The molecule has 0 aliphatic heterocycles. The summed E-state index contributed by atoms with van der Waals surface area (Å²) >= 11 is 0. The number of hydrogen-bond donors (Lipinski definition) is 2. The number of aromatic hydroxyl groups is 1. The molecular weight excluding hydrogens is 241 g/mol. The van der Waals surface area contributed by atoms with Gasteiger partial charge in [-0.25, -0.2) is 4.39 Å². The van der Waals surface area contributed by atoms with Crippen molar-refractivity contribution in [3.63, 3.8) is 0 Å². The van der Waals surface area contributed by atoms with E-state index < -0.39 is 17.7 Å². The first-order valence-electron chi connectivity index (χ1n) is 5.37. The number of halogens is 1. The monoisotopic (exact) mass is 255 g/mol. The Hall–Kier alpha value is -2.11. The van der Waals surface area contributed by atoms with Crippen molar-refractivity contribution in [1.29, 1.82) is 0 Å². The molecule has 1 rings (SSSR count). The van der Waals surface area contributed by atoms with Crippen LogP contribution < -0.4 is 0 Å². The number of carboxylic acids is 1. The molecule has 0 atom stereocenters. The summed E-state index contributed by atoms with van der Waals surface area (Å²) in [6, 6.07) is 3.11. The van der Waals surface area contributed by atoms with Gasteiger partial charge >= 0.3 is 5.97 Å². The van der Waals surface area contributed by atoms with Crippen LogP contribution in [0.5, 0.6) is 5.75 Å². The molecule has 0 radical (unpaired) electrons. The molecule has 98 valence electrons. The van der Waals surface area contributed by atoms with Crippen LogP contribution in [0, 0.1) is 5.82 Å². The molecule has 1 aromatic rings. The molecule has 5 nitrogen and oxygen atoms in total. The first-order valence-corrected chi connectivity index (χ1v) is 5.37. The van der Waals surface area contributed by atoms with Gasteiger partial charge in [-0.2, -0.15) is 0 Å². The van der Waals surface area contributed by atoms with E-state index in [-0.39, 0.29) is 24.3 Å². The number of aliphatic carboxylic acids is 1. The Bertz CT molecular complexity index is 461. The van der Waals surface area contributed by atoms with Crippen LogP contribution in [-0.2, 0) is 4.79 Å². The molecule has 0 bridgehead atoms. The van der Waals surface area contributed by atoms with Gasteiger partial charge in [0.25, 0.3) is 5.91 Å². The number of carboxylic acid groups (broad SMARTS) is 1. The van der Waals surface area contributed by atoms with E-state index in [1.165, 1.54) is 11.9 Å². The van der Waals surface area contributed by atoms with E-state index in [0.29, 0.717) is 6.42 Å². The zero-order chi connectivity index (χ0) is 13.7. The fourth-order valence-corrected chi connectivity index (χ4v) is 1.45. The molecule has 18 heavy (non-hydrogen) atoms. The summed E-state index contributed by atoms with van der Waals surface area (Å²) in [5.41, 5.74) is -0.132. The third-order valence-corrected chi connectivity index (χ3v) is 2.42.